The Labute approximate surface area is 107 Å². The Morgan fingerprint density at radius 2 is 2.11 bits per heavy atom. The Balaban J connectivity index is 2.95. The SMILES string of the molecule is CCC[C@@H](Nc1cc(OC)ccc1OC)C(=O)O. The lowest BCUT2D eigenvalue weighted by Crippen LogP contribution is -2.29. The van der Waals surface area contributed by atoms with Gasteiger partial charge in [-0.15, -0.1) is 0 Å². The molecule has 1 atom stereocenters. The van der Waals surface area contributed by atoms with Crippen molar-refractivity contribution < 1.29 is 19.4 Å². The van der Waals surface area contributed by atoms with Crippen molar-refractivity contribution in [3.8, 4) is 11.5 Å². The molecule has 0 aliphatic rings. The van der Waals surface area contributed by atoms with E-state index in [1.54, 1.807) is 32.4 Å². The molecule has 0 spiro atoms. The molecule has 0 saturated carbocycles. The van der Waals surface area contributed by atoms with E-state index in [0.717, 1.165) is 6.42 Å². The second-order valence-electron chi connectivity index (χ2n) is 3.89. The number of rotatable bonds is 7. The Morgan fingerprint density at radius 3 is 2.61 bits per heavy atom. The highest BCUT2D eigenvalue weighted by Crippen LogP contribution is 2.29. The van der Waals surface area contributed by atoms with E-state index >= 15 is 0 Å². The normalized spacial score (nSPS) is 11.7. The maximum Gasteiger partial charge on any atom is 0.326 e. The van der Waals surface area contributed by atoms with Crippen LogP contribution < -0.4 is 14.8 Å². The number of anilines is 1. The number of carboxylic acids is 1. The number of methoxy groups -OCH3 is 2. The maximum absolute atomic E-state index is 11.1. The summed E-state index contributed by atoms with van der Waals surface area (Å²) in [4.78, 5) is 11.1. The van der Waals surface area contributed by atoms with E-state index in [0.29, 0.717) is 23.6 Å². The standard InChI is InChI=1S/C13H19NO4/c1-4-5-10(13(15)16)14-11-8-9(17-2)6-7-12(11)18-3/h6-8,10,14H,4-5H2,1-3H3,(H,15,16)/t10-/m1/s1. The maximum atomic E-state index is 11.1. The average Bonchev–Trinajstić information content (AvgIpc) is 2.37. The van der Waals surface area contributed by atoms with Crippen LogP contribution in [0.1, 0.15) is 19.8 Å². The highest BCUT2D eigenvalue weighted by Gasteiger charge is 2.18. The molecule has 1 aromatic rings. The van der Waals surface area contributed by atoms with E-state index in [4.69, 9.17) is 14.6 Å². The molecular formula is C13H19NO4. The minimum absolute atomic E-state index is 0.551. The fourth-order valence-corrected chi connectivity index (χ4v) is 1.66. The van der Waals surface area contributed by atoms with Crippen LogP contribution in [-0.2, 0) is 4.79 Å². The van der Waals surface area contributed by atoms with Crippen LogP contribution in [0.15, 0.2) is 18.2 Å². The van der Waals surface area contributed by atoms with Gasteiger partial charge in [-0.05, 0) is 18.6 Å². The van der Waals surface area contributed by atoms with Crippen LogP contribution in [0.4, 0.5) is 5.69 Å². The first-order valence-electron chi connectivity index (χ1n) is 5.83. The van der Waals surface area contributed by atoms with Crippen LogP contribution in [0.3, 0.4) is 0 Å². The first-order valence-corrected chi connectivity index (χ1v) is 5.83. The third-order valence-electron chi connectivity index (χ3n) is 2.61. The van der Waals surface area contributed by atoms with Crippen LogP contribution in [0.2, 0.25) is 0 Å². The van der Waals surface area contributed by atoms with Gasteiger partial charge in [0.25, 0.3) is 0 Å². The molecule has 18 heavy (non-hydrogen) atoms. The molecule has 5 nitrogen and oxygen atoms in total. The molecule has 0 fully saturated rings. The van der Waals surface area contributed by atoms with Gasteiger partial charge in [-0.3, -0.25) is 0 Å². The zero-order valence-electron chi connectivity index (χ0n) is 10.9. The number of carboxylic acid groups (broad SMARTS) is 1. The number of hydrogen-bond acceptors (Lipinski definition) is 4. The summed E-state index contributed by atoms with van der Waals surface area (Å²) >= 11 is 0. The van der Waals surface area contributed by atoms with Crippen molar-refractivity contribution in [3.63, 3.8) is 0 Å². The second-order valence-corrected chi connectivity index (χ2v) is 3.89. The third kappa shape index (κ3) is 3.55. The van der Waals surface area contributed by atoms with E-state index in [9.17, 15) is 4.79 Å². The highest BCUT2D eigenvalue weighted by molar-refractivity contribution is 5.78. The van der Waals surface area contributed by atoms with Crippen molar-refractivity contribution in [2.24, 2.45) is 0 Å². The van der Waals surface area contributed by atoms with Gasteiger partial charge in [0, 0.05) is 6.07 Å². The average molecular weight is 253 g/mol. The molecule has 1 aromatic carbocycles. The summed E-state index contributed by atoms with van der Waals surface area (Å²) in [7, 11) is 3.11. The van der Waals surface area contributed by atoms with Gasteiger partial charge in [-0.1, -0.05) is 13.3 Å². The summed E-state index contributed by atoms with van der Waals surface area (Å²) in [5.41, 5.74) is 0.623. The molecule has 5 heteroatoms. The van der Waals surface area contributed by atoms with Crippen LogP contribution in [0.5, 0.6) is 11.5 Å². The van der Waals surface area contributed by atoms with E-state index < -0.39 is 12.0 Å². The molecule has 0 aliphatic carbocycles. The van der Waals surface area contributed by atoms with Crippen LogP contribution in [0, 0.1) is 0 Å². The molecule has 0 radical (unpaired) electrons. The Bertz CT molecular complexity index is 406. The lowest BCUT2D eigenvalue weighted by Gasteiger charge is -2.17. The molecule has 0 amide bonds. The molecule has 0 bridgehead atoms. The summed E-state index contributed by atoms with van der Waals surface area (Å²) in [6, 6.07) is 4.60. The molecular weight excluding hydrogens is 234 g/mol. The van der Waals surface area contributed by atoms with Gasteiger partial charge in [-0.2, -0.15) is 0 Å². The number of nitrogens with one attached hydrogen (secondary N) is 1. The minimum Gasteiger partial charge on any atom is -0.497 e. The molecule has 0 unspecified atom stereocenters. The van der Waals surface area contributed by atoms with E-state index in [1.807, 2.05) is 6.92 Å². The smallest absolute Gasteiger partial charge is 0.326 e. The van der Waals surface area contributed by atoms with Gasteiger partial charge in [0.1, 0.15) is 17.5 Å². The minimum atomic E-state index is -0.873. The van der Waals surface area contributed by atoms with Crippen LogP contribution in [0.25, 0.3) is 0 Å². The van der Waals surface area contributed by atoms with Crippen LogP contribution >= 0.6 is 0 Å². The van der Waals surface area contributed by atoms with Crippen LogP contribution in [-0.4, -0.2) is 31.3 Å². The molecule has 0 aliphatic heterocycles. The van der Waals surface area contributed by atoms with E-state index in [2.05, 4.69) is 5.32 Å². The highest BCUT2D eigenvalue weighted by atomic mass is 16.5. The monoisotopic (exact) mass is 253 g/mol. The van der Waals surface area contributed by atoms with Crippen molar-refractivity contribution in [2.75, 3.05) is 19.5 Å². The quantitative estimate of drug-likeness (QED) is 0.780. The summed E-state index contributed by atoms with van der Waals surface area (Å²) in [6.07, 6.45) is 1.34. The van der Waals surface area contributed by atoms with Crippen molar-refractivity contribution in [3.05, 3.63) is 18.2 Å². The van der Waals surface area contributed by atoms with Gasteiger partial charge >= 0.3 is 5.97 Å². The zero-order valence-corrected chi connectivity index (χ0v) is 10.9. The summed E-state index contributed by atoms with van der Waals surface area (Å²) in [6.45, 7) is 1.94. The van der Waals surface area contributed by atoms with Gasteiger partial charge in [0.15, 0.2) is 0 Å². The second kappa shape index (κ2) is 6.74. The molecule has 1 rings (SSSR count). The largest absolute Gasteiger partial charge is 0.497 e. The zero-order chi connectivity index (χ0) is 13.5. The third-order valence-corrected chi connectivity index (χ3v) is 2.61. The predicted octanol–water partition coefficient (Wildman–Crippen LogP) is 2.37. The van der Waals surface area contributed by atoms with Crippen molar-refractivity contribution in [2.45, 2.75) is 25.8 Å². The van der Waals surface area contributed by atoms with Gasteiger partial charge in [-0.25, -0.2) is 4.79 Å². The number of ether oxygens (including phenoxy) is 2. The Morgan fingerprint density at radius 1 is 1.39 bits per heavy atom. The van der Waals surface area contributed by atoms with E-state index in [1.165, 1.54) is 0 Å². The van der Waals surface area contributed by atoms with Gasteiger partial charge in [0.2, 0.25) is 0 Å². The fraction of sp³-hybridized carbons (Fsp3) is 0.462. The van der Waals surface area contributed by atoms with Crippen molar-refractivity contribution in [1.29, 1.82) is 0 Å². The topological polar surface area (TPSA) is 67.8 Å². The summed E-state index contributed by atoms with van der Waals surface area (Å²) in [5.74, 6) is 0.374. The van der Waals surface area contributed by atoms with Gasteiger partial charge < -0.3 is 19.9 Å². The number of carbonyl (C=O) groups is 1. The molecule has 0 aromatic heterocycles. The van der Waals surface area contributed by atoms with Crippen molar-refractivity contribution in [1.82, 2.24) is 0 Å². The molecule has 100 valence electrons. The molecule has 0 heterocycles. The van der Waals surface area contributed by atoms with Crippen molar-refractivity contribution >= 4 is 11.7 Å². The predicted molar refractivity (Wildman–Crippen MR) is 69.5 cm³/mol. The lowest BCUT2D eigenvalue weighted by atomic mass is 10.1. The lowest BCUT2D eigenvalue weighted by molar-refractivity contribution is -0.138. The Kier molecular flexibility index (Phi) is 5.30. The first-order chi connectivity index (χ1) is 8.62. The van der Waals surface area contributed by atoms with Gasteiger partial charge in [0.05, 0.1) is 19.9 Å². The first kappa shape index (κ1) is 14.2. The molecule has 2 N–H and O–H groups in total. The number of benzene rings is 1. The summed E-state index contributed by atoms with van der Waals surface area (Å²) in [5, 5.41) is 12.1. The summed E-state index contributed by atoms with van der Waals surface area (Å²) < 4.78 is 10.3. The molecule has 0 saturated heterocycles. The fourth-order valence-electron chi connectivity index (χ4n) is 1.66. The van der Waals surface area contributed by atoms with E-state index in [-0.39, 0.29) is 0 Å². The number of aliphatic carboxylic acids is 1. The Hall–Kier alpha value is -1.91. The number of hydrogen-bond donors (Lipinski definition) is 2.